The number of nitrogens with zero attached hydrogens (tertiary/aromatic N) is 2. The number of thioether (sulfide) groups is 1. The molecule has 162 valence electrons. The summed E-state index contributed by atoms with van der Waals surface area (Å²) in [5.41, 5.74) is 0.818. The van der Waals surface area contributed by atoms with Crippen molar-refractivity contribution in [3.63, 3.8) is 0 Å². The number of benzene rings is 1. The highest BCUT2D eigenvalue weighted by molar-refractivity contribution is 8.14. The molecule has 2 heterocycles. The number of aliphatic imine (C=N–C) groups is 1. The van der Waals surface area contributed by atoms with E-state index in [9.17, 15) is 23.4 Å². The normalized spacial score (nSPS) is 30.6. The molecule has 1 fully saturated rings. The molecule has 0 bridgehead atoms. The number of alkyl halides is 3. The number of ether oxygens (including phenoxy) is 2. The van der Waals surface area contributed by atoms with Crippen molar-refractivity contribution in [3.8, 4) is 0 Å². The van der Waals surface area contributed by atoms with E-state index in [4.69, 9.17) is 9.47 Å². The van der Waals surface area contributed by atoms with Crippen LogP contribution in [0.5, 0.6) is 0 Å². The Morgan fingerprint density at radius 2 is 1.79 bits per heavy atom. The van der Waals surface area contributed by atoms with Gasteiger partial charge >= 0.3 is 6.18 Å². The summed E-state index contributed by atoms with van der Waals surface area (Å²) >= 11 is 1.12. The topological polar surface area (TPSA) is 74.5 Å². The van der Waals surface area contributed by atoms with Gasteiger partial charge in [0.1, 0.15) is 29.8 Å². The summed E-state index contributed by atoms with van der Waals surface area (Å²) in [5.74, 6) is 0. The maximum atomic E-state index is 13.7. The van der Waals surface area contributed by atoms with Crippen molar-refractivity contribution in [1.82, 2.24) is 4.90 Å². The quantitative estimate of drug-likeness (QED) is 0.740. The number of aryl methyl sites for hydroxylation is 1. The molecule has 0 aromatic heterocycles. The number of hydrogen-bond acceptors (Lipinski definition) is 7. The lowest BCUT2D eigenvalue weighted by molar-refractivity contribution is -0.286. The van der Waals surface area contributed by atoms with Crippen LogP contribution in [0.4, 0.5) is 13.2 Å². The number of hydrogen-bond donors (Lipinski definition) is 2. The Bertz CT molecular complexity index is 729. The van der Waals surface area contributed by atoms with E-state index in [1.807, 2.05) is 19.1 Å². The average Bonchev–Trinajstić information content (AvgIpc) is 3.10. The fraction of sp³-hybridized carbons (Fsp3) is 0.632. The van der Waals surface area contributed by atoms with Crippen LogP contribution in [0.3, 0.4) is 0 Å². The van der Waals surface area contributed by atoms with Gasteiger partial charge in [-0.15, -0.1) is 0 Å². The van der Waals surface area contributed by atoms with Gasteiger partial charge in [0.05, 0.1) is 6.61 Å². The minimum absolute atomic E-state index is 0.294. The Labute approximate surface area is 171 Å². The molecule has 0 amide bonds. The van der Waals surface area contributed by atoms with Gasteiger partial charge in [-0.25, -0.2) is 0 Å². The van der Waals surface area contributed by atoms with Crippen molar-refractivity contribution in [2.24, 2.45) is 4.99 Å². The standard InChI is InChI=1S/C19H25F3N2O4S/c1-4-10-5-7-11(8-6-10)9-27-16(19(20,21)22)15-14(26)13(25)12-17(28-15)29-18(23-12)24(2)3/h5-8,12-17,25-26H,4,9H2,1-3H3/t12-,13-,14+,15+,16-,17-/m1/s1. The molecule has 0 radical (unpaired) electrons. The Morgan fingerprint density at radius 3 is 2.34 bits per heavy atom. The molecular formula is C19H25F3N2O4S. The fourth-order valence-electron chi connectivity index (χ4n) is 3.27. The molecule has 1 aromatic carbocycles. The van der Waals surface area contributed by atoms with Gasteiger partial charge < -0.3 is 24.6 Å². The van der Waals surface area contributed by atoms with Gasteiger partial charge in [0.15, 0.2) is 11.3 Å². The zero-order valence-corrected chi connectivity index (χ0v) is 17.2. The van der Waals surface area contributed by atoms with Gasteiger partial charge in [0.25, 0.3) is 0 Å². The minimum Gasteiger partial charge on any atom is -0.388 e. The van der Waals surface area contributed by atoms with Crippen molar-refractivity contribution in [3.05, 3.63) is 35.4 Å². The number of fused-ring (bicyclic) bond motifs is 1. The van der Waals surface area contributed by atoms with E-state index in [-0.39, 0.29) is 6.61 Å². The molecule has 2 aliphatic rings. The van der Waals surface area contributed by atoms with Crippen LogP contribution in [-0.2, 0) is 22.5 Å². The molecule has 6 atom stereocenters. The van der Waals surface area contributed by atoms with E-state index < -0.39 is 42.1 Å². The first-order valence-electron chi connectivity index (χ1n) is 9.31. The Hall–Kier alpha value is -1.33. The van der Waals surface area contributed by atoms with Crippen molar-refractivity contribution < 1.29 is 32.9 Å². The maximum Gasteiger partial charge on any atom is 0.417 e. The minimum atomic E-state index is -4.78. The van der Waals surface area contributed by atoms with Gasteiger partial charge in [0, 0.05) is 14.1 Å². The SMILES string of the molecule is CCc1ccc(CO[C@H]([C@H]2O[C@@H]3SC(N(C)C)=N[C@@H]3[C@@H](O)[C@@H]2O)C(F)(F)F)cc1. The Balaban J connectivity index is 1.75. The first-order chi connectivity index (χ1) is 13.6. The monoisotopic (exact) mass is 434 g/mol. The van der Waals surface area contributed by atoms with E-state index in [1.165, 1.54) is 0 Å². The first-order valence-corrected chi connectivity index (χ1v) is 10.2. The molecule has 0 spiro atoms. The van der Waals surface area contributed by atoms with Crippen molar-refractivity contribution in [1.29, 1.82) is 0 Å². The molecular weight excluding hydrogens is 409 g/mol. The highest BCUT2D eigenvalue weighted by Crippen LogP contribution is 2.41. The van der Waals surface area contributed by atoms with E-state index in [1.54, 1.807) is 31.1 Å². The van der Waals surface area contributed by atoms with Crippen LogP contribution in [0.2, 0.25) is 0 Å². The number of halogens is 3. The third kappa shape index (κ3) is 4.88. The molecule has 1 aromatic rings. The summed E-state index contributed by atoms with van der Waals surface area (Å²) in [6.07, 6.45) is -11.4. The number of aliphatic hydroxyl groups excluding tert-OH is 2. The Morgan fingerprint density at radius 1 is 1.17 bits per heavy atom. The molecule has 10 heteroatoms. The first kappa shape index (κ1) is 22.4. The largest absolute Gasteiger partial charge is 0.417 e. The van der Waals surface area contributed by atoms with E-state index in [2.05, 4.69) is 4.99 Å². The van der Waals surface area contributed by atoms with Crippen molar-refractivity contribution >= 4 is 16.9 Å². The molecule has 0 aliphatic carbocycles. The van der Waals surface area contributed by atoms with Crippen molar-refractivity contribution in [2.45, 2.75) is 62.0 Å². The third-order valence-electron chi connectivity index (χ3n) is 4.95. The van der Waals surface area contributed by atoms with Gasteiger partial charge in [-0.3, -0.25) is 4.99 Å². The average molecular weight is 434 g/mol. The third-order valence-corrected chi connectivity index (χ3v) is 6.26. The maximum absolute atomic E-state index is 13.7. The number of aliphatic hydroxyl groups is 2. The van der Waals surface area contributed by atoms with Gasteiger partial charge in [-0.2, -0.15) is 13.2 Å². The lowest BCUT2D eigenvalue weighted by Crippen LogP contribution is -2.61. The van der Waals surface area contributed by atoms with Crippen molar-refractivity contribution in [2.75, 3.05) is 14.1 Å². The zero-order valence-electron chi connectivity index (χ0n) is 16.3. The molecule has 2 N–H and O–H groups in total. The summed E-state index contributed by atoms with van der Waals surface area (Å²) in [6.45, 7) is 1.69. The summed E-state index contributed by atoms with van der Waals surface area (Å²) in [4.78, 5) is 5.93. The lowest BCUT2D eigenvalue weighted by atomic mass is 9.94. The van der Waals surface area contributed by atoms with Crippen LogP contribution >= 0.6 is 11.8 Å². The highest BCUT2D eigenvalue weighted by atomic mass is 32.2. The smallest absolute Gasteiger partial charge is 0.388 e. The zero-order chi connectivity index (χ0) is 21.3. The molecule has 2 aliphatic heterocycles. The summed E-state index contributed by atoms with van der Waals surface area (Å²) in [6, 6.07) is 6.24. The second-order valence-electron chi connectivity index (χ2n) is 7.31. The van der Waals surface area contributed by atoms with Crippen LogP contribution in [0.25, 0.3) is 0 Å². The molecule has 6 nitrogen and oxygen atoms in total. The van der Waals surface area contributed by atoms with E-state index in [0.717, 1.165) is 23.7 Å². The van der Waals surface area contributed by atoms with Gasteiger partial charge in [-0.05, 0) is 17.5 Å². The second kappa shape index (κ2) is 8.81. The molecule has 29 heavy (non-hydrogen) atoms. The summed E-state index contributed by atoms with van der Waals surface area (Å²) < 4.78 is 51.9. The summed E-state index contributed by atoms with van der Waals surface area (Å²) in [5, 5.41) is 21.3. The number of rotatable bonds is 5. The number of amidine groups is 1. The lowest BCUT2D eigenvalue weighted by Gasteiger charge is -2.41. The predicted molar refractivity (Wildman–Crippen MR) is 104 cm³/mol. The molecule has 0 saturated carbocycles. The second-order valence-corrected chi connectivity index (χ2v) is 8.37. The van der Waals surface area contributed by atoms with Crippen LogP contribution in [0, 0.1) is 0 Å². The van der Waals surface area contributed by atoms with E-state index >= 15 is 0 Å². The van der Waals surface area contributed by atoms with Crippen LogP contribution < -0.4 is 0 Å². The van der Waals surface area contributed by atoms with Gasteiger partial charge in [-0.1, -0.05) is 43.0 Å². The molecule has 3 rings (SSSR count). The highest BCUT2D eigenvalue weighted by Gasteiger charge is 2.57. The predicted octanol–water partition coefficient (Wildman–Crippen LogP) is 2.18. The Kier molecular flexibility index (Phi) is 6.79. The van der Waals surface area contributed by atoms with Crippen LogP contribution in [-0.4, -0.2) is 76.4 Å². The van der Waals surface area contributed by atoms with Crippen LogP contribution in [0.15, 0.2) is 29.3 Å². The van der Waals surface area contributed by atoms with Crippen LogP contribution in [0.1, 0.15) is 18.1 Å². The molecule has 1 saturated heterocycles. The molecule has 0 unspecified atom stereocenters. The van der Waals surface area contributed by atoms with Gasteiger partial charge in [0.2, 0.25) is 0 Å². The fourth-order valence-corrected chi connectivity index (χ4v) is 4.42. The summed E-state index contributed by atoms with van der Waals surface area (Å²) in [7, 11) is 3.46. The van der Waals surface area contributed by atoms with E-state index in [0.29, 0.717) is 10.7 Å².